The molecule has 0 aliphatic heterocycles. The highest BCUT2D eigenvalue weighted by Crippen LogP contribution is 2.29. The summed E-state index contributed by atoms with van der Waals surface area (Å²) in [4.78, 5) is 10.3. The van der Waals surface area contributed by atoms with Crippen LogP contribution >= 0.6 is 11.6 Å². The van der Waals surface area contributed by atoms with Crippen LogP contribution in [-0.4, -0.2) is 12.0 Å². The zero-order valence-corrected chi connectivity index (χ0v) is 11.6. The van der Waals surface area contributed by atoms with Gasteiger partial charge < -0.3 is 10.1 Å². The number of anilines is 1. The molecule has 0 amide bonds. The van der Waals surface area contributed by atoms with Gasteiger partial charge in [-0.05, 0) is 17.7 Å². The van der Waals surface area contributed by atoms with Crippen LogP contribution in [0.2, 0.25) is 5.02 Å². The molecular weight excluding hydrogens is 280 g/mol. The molecule has 5 nitrogen and oxygen atoms in total. The molecule has 0 radical (unpaired) electrons. The number of nitrogens with one attached hydrogen (secondary N) is 1. The number of nitro benzene ring substituents is 1. The van der Waals surface area contributed by atoms with Crippen molar-refractivity contribution < 1.29 is 9.66 Å². The van der Waals surface area contributed by atoms with E-state index in [9.17, 15) is 10.1 Å². The van der Waals surface area contributed by atoms with E-state index in [-0.39, 0.29) is 5.69 Å². The van der Waals surface area contributed by atoms with Crippen molar-refractivity contribution in [1.82, 2.24) is 0 Å². The predicted molar refractivity (Wildman–Crippen MR) is 78.4 cm³/mol. The fourth-order valence-electron chi connectivity index (χ4n) is 1.77. The third-order valence-corrected chi connectivity index (χ3v) is 3.19. The van der Waals surface area contributed by atoms with E-state index in [0.29, 0.717) is 23.0 Å². The summed E-state index contributed by atoms with van der Waals surface area (Å²) in [5, 5.41) is 14.5. The molecule has 0 atom stereocenters. The number of non-ortho nitro benzene ring substituents is 1. The molecule has 0 aliphatic carbocycles. The lowest BCUT2D eigenvalue weighted by atomic mass is 10.2. The average molecular weight is 293 g/mol. The summed E-state index contributed by atoms with van der Waals surface area (Å²) in [6.45, 7) is 0.508. The van der Waals surface area contributed by atoms with Gasteiger partial charge in [-0.25, -0.2) is 0 Å². The Balaban J connectivity index is 2.17. The van der Waals surface area contributed by atoms with E-state index in [1.165, 1.54) is 19.2 Å². The summed E-state index contributed by atoms with van der Waals surface area (Å²) < 4.78 is 5.15. The molecule has 2 rings (SSSR count). The predicted octanol–water partition coefficient (Wildman–Crippen LogP) is 3.87. The van der Waals surface area contributed by atoms with E-state index in [2.05, 4.69) is 5.32 Å². The molecule has 20 heavy (non-hydrogen) atoms. The van der Waals surface area contributed by atoms with Crippen LogP contribution in [0.4, 0.5) is 11.4 Å². The van der Waals surface area contributed by atoms with Crippen molar-refractivity contribution in [3.63, 3.8) is 0 Å². The zero-order valence-electron chi connectivity index (χ0n) is 10.8. The molecule has 0 aromatic heterocycles. The molecule has 0 heterocycles. The highest BCUT2D eigenvalue weighted by molar-refractivity contribution is 6.31. The monoisotopic (exact) mass is 292 g/mol. The third kappa shape index (κ3) is 3.19. The van der Waals surface area contributed by atoms with Gasteiger partial charge >= 0.3 is 0 Å². The normalized spacial score (nSPS) is 10.1. The average Bonchev–Trinajstić information content (AvgIpc) is 2.46. The van der Waals surface area contributed by atoms with Crippen LogP contribution in [-0.2, 0) is 6.54 Å². The summed E-state index contributed by atoms with van der Waals surface area (Å²) in [7, 11) is 1.47. The number of ether oxygens (including phenoxy) is 1. The van der Waals surface area contributed by atoms with E-state index < -0.39 is 4.92 Å². The van der Waals surface area contributed by atoms with Crippen LogP contribution in [0.1, 0.15) is 5.56 Å². The first-order valence-electron chi connectivity index (χ1n) is 5.91. The number of halogens is 1. The van der Waals surface area contributed by atoms with Gasteiger partial charge in [0.2, 0.25) is 0 Å². The lowest BCUT2D eigenvalue weighted by Gasteiger charge is -2.11. The van der Waals surface area contributed by atoms with Gasteiger partial charge in [0.05, 0.1) is 23.8 Å². The highest BCUT2D eigenvalue weighted by Gasteiger charge is 2.11. The second-order valence-corrected chi connectivity index (χ2v) is 4.49. The molecule has 6 heteroatoms. The molecule has 0 unspecified atom stereocenters. The van der Waals surface area contributed by atoms with E-state index >= 15 is 0 Å². The molecule has 0 fully saturated rings. The zero-order chi connectivity index (χ0) is 14.5. The SMILES string of the molecule is COc1cc([N+](=O)[O-])ccc1NCc1ccccc1Cl. The molecule has 1 N–H and O–H groups in total. The van der Waals surface area contributed by atoms with Crippen LogP contribution in [0.3, 0.4) is 0 Å². The molecule has 0 spiro atoms. The fourth-order valence-corrected chi connectivity index (χ4v) is 1.97. The van der Waals surface area contributed by atoms with E-state index in [4.69, 9.17) is 16.3 Å². The molecule has 0 bridgehead atoms. The fraction of sp³-hybridized carbons (Fsp3) is 0.143. The van der Waals surface area contributed by atoms with Crippen molar-refractivity contribution in [2.75, 3.05) is 12.4 Å². The van der Waals surface area contributed by atoms with Gasteiger partial charge in [-0.1, -0.05) is 29.8 Å². The number of hydrogen-bond donors (Lipinski definition) is 1. The van der Waals surface area contributed by atoms with Crippen molar-refractivity contribution >= 4 is 23.0 Å². The first-order valence-corrected chi connectivity index (χ1v) is 6.29. The van der Waals surface area contributed by atoms with Gasteiger partial charge in [0.25, 0.3) is 5.69 Å². The maximum absolute atomic E-state index is 10.7. The number of nitro groups is 1. The minimum atomic E-state index is -0.458. The van der Waals surface area contributed by atoms with Crippen LogP contribution < -0.4 is 10.1 Å². The Morgan fingerprint density at radius 1 is 1.30 bits per heavy atom. The van der Waals surface area contributed by atoms with Crippen LogP contribution in [0.5, 0.6) is 5.75 Å². The van der Waals surface area contributed by atoms with Crippen molar-refractivity contribution in [1.29, 1.82) is 0 Å². The molecule has 0 saturated carbocycles. The first kappa shape index (κ1) is 14.1. The van der Waals surface area contributed by atoms with Gasteiger partial charge in [0.1, 0.15) is 5.75 Å². The number of nitrogens with zero attached hydrogens (tertiary/aromatic N) is 1. The van der Waals surface area contributed by atoms with Gasteiger partial charge in [0, 0.05) is 17.6 Å². The lowest BCUT2D eigenvalue weighted by Crippen LogP contribution is -2.02. The van der Waals surface area contributed by atoms with Gasteiger partial charge in [-0.15, -0.1) is 0 Å². The Bertz CT molecular complexity index is 632. The Labute approximate surface area is 121 Å². The maximum Gasteiger partial charge on any atom is 0.273 e. The van der Waals surface area contributed by atoms with E-state index in [0.717, 1.165) is 5.56 Å². The summed E-state index contributed by atoms with van der Waals surface area (Å²) in [6, 6.07) is 11.9. The Morgan fingerprint density at radius 2 is 2.05 bits per heavy atom. The number of benzene rings is 2. The highest BCUT2D eigenvalue weighted by atomic mass is 35.5. The molecule has 104 valence electrons. The maximum atomic E-state index is 10.7. The summed E-state index contributed by atoms with van der Waals surface area (Å²) in [5.74, 6) is 0.422. The van der Waals surface area contributed by atoms with Crippen molar-refractivity contribution in [2.24, 2.45) is 0 Å². The summed E-state index contributed by atoms with van der Waals surface area (Å²) in [5.41, 5.74) is 1.61. The number of rotatable bonds is 5. The summed E-state index contributed by atoms with van der Waals surface area (Å²) in [6.07, 6.45) is 0. The van der Waals surface area contributed by atoms with Crippen LogP contribution in [0.25, 0.3) is 0 Å². The van der Waals surface area contributed by atoms with Gasteiger partial charge in [0.15, 0.2) is 0 Å². The largest absolute Gasteiger partial charge is 0.494 e. The Kier molecular flexibility index (Phi) is 4.42. The second-order valence-electron chi connectivity index (χ2n) is 4.09. The topological polar surface area (TPSA) is 64.4 Å². The molecule has 2 aromatic carbocycles. The number of hydrogen-bond acceptors (Lipinski definition) is 4. The second kappa shape index (κ2) is 6.25. The van der Waals surface area contributed by atoms with E-state index in [1.54, 1.807) is 6.07 Å². The van der Waals surface area contributed by atoms with Gasteiger partial charge in [-0.2, -0.15) is 0 Å². The smallest absolute Gasteiger partial charge is 0.273 e. The Morgan fingerprint density at radius 3 is 2.70 bits per heavy atom. The molecular formula is C14H13ClN2O3. The molecule has 0 aliphatic rings. The molecule has 2 aromatic rings. The summed E-state index contributed by atoms with van der Waals surface area (Å²) >= 11 is 6.07. The molecule has 0 saturated heterocycles. The standard InChI is InChI=1S/C14H13ClN2O3/c1-20-14-8-11(17(18)19)6-7-13(14)16-9-10-4-2-3-5-12(10)15/h2-8,16H,9H2,1H3. The van der Waals surface area contributed by atoms with Crippen LogP contribution in [0, 0.1) is 10.1 Å². The van der Waals surface area contributed by atoms with E-state index in [1.807, 2.05) is 24.3 Å². The quantitative estimate of drug-likeness (QED) is 0.671. The van der Waals surface area contributed by atoms with Crippen molar-refractivity contribution in [2.45, 2.75) is 6.54 Å². The third-order valence-electron chi connectivity index (χ3n) is 2.82. The minimum absolute atomic E-state index is 0.00913. The minimum Gasteiger partial charge on any atom is -0.494 e. The van der Waals surface area contributed by atoms with Gasteiger partial charge in [-0.3, -0.25) is 10.1 Å². The number of methoxy groups -OCH3 is 1. The van der Waals surface area contributed by atoms with Crippen LogP contribution in [0.15, 0.2) is 42.5 Å². The van der Waals surface area contributed by atoms with Crippen molar-refractivity contribution in [3.05, 3.63) is 63.2 Å². The van der Waals surface area contributed by atoms with Crippen molar-refractivity contribution in [3.8, 4) is 5.75 Å². The first-order chi connectivity index (χ1) is 9.61. The lowest BCUT2D eigenvalue weighted by molar-refractivity contribution is -0.384. The Hall–Kier alpha value is -2.27.